The molecule has 0 fully saturated rings. The van der Waals surface area contributed by atoms with Gasteiger partial charge in [0.25, 0.3) is 0 Å². The Morgan fingerprint density at radius 1 is 0.592 bits per heavy atom. The van der Waals surface area contributed by atoms with Crippen molar-refractivity contribution in [2.75, 3.05) is 4.90 Å². The molecule has 0 aliphatic heterocycles. The molecule has 1 aromatic heterocycles. The van der Waals surface area contributed by atoms with E-state index in [0.717, 1.165) is 23.5 Å². The lowest BCUT2D eigenvalue weighted by Crippen LogP contribution is -2.25. The van der Waals surface area contributed by atoms with Crippen LogP contribution in [0.1, 0.15) is 48.8 Å². The van der Waals surface area contributed by atoms with E-state index in [4.69, 9.17) is 4.42 Å². The maximum Gasteiger partial charge on any atom is 0.135 e. The fourth-order valence-electron chi connectivity index (χ4n) is 8.69. The molecule has 2 heteroatoms. The molecule has 2 aliphatic carbocycles. The van der Waals surface area contributed by atoms with Crippen LogP contribution in [0, 0.1) is 0 Å². The highest BCUT2D eigenvalue weighted by molar-refractivity contribution is 6.10. The summed E-state index contributed by atoms with van der Waals surface area (Å²) < 4.78 is 6.94. The van der Waals surface area contributed by atoms with Crippen molar-refractivity contribution in [3.63, 3.8) is 0 Å². The van der Waals surface area contributed by atoms with Crippen molar-refractivity contribution in [2.24, 2.45) is 0 Å². The molecule has 0 radical (unpaired) electrons. The van der Waals surface area contributed by atoms with Gasteiger partial charge in [-0.1, -0.05) is 147 Å². The van der Waals surface area contributed by atoms with Crippen LogP contribution >= 0.6 is 0 Å². The van der Waals surface area contributed by atoms with Crippen LogP contribution in [0.2, 0.25) is 0 Å². The Morgan fingerprint density at radius 2 is 1.27 bits per heavy atom. The molecule has 234 valence electrons. The number of para-hydroxylation sites is 1. The third kappa shape index (κ3) is 4.14. The van der Waals surface area contributed by atoms with Crippen LogP contribution in [0.4, 0.5) is 11.4 Å². The Labute approximate surface area is 286 Å². The number of fused-ring (bicyclic) bond motifs is 9. The number of benzene rings is 7. The second kappa shape index (κ2) is 10.6. The number of hydrogen-bond acceptors (Lipinski definition) is 2. The van der Waals surface area contributed by atoms with E-state index >= 15 is 0 Å². The number of anilines is 2. The molecule has 2 nitrogen and oxygen atoms in total. The number of furan rings is 1. The topological polar surface area (TPSA) is 16.4 Å². The van der Waals surface area contributed by atoms with Gasteiger partial charge in [0.2, 0.25) is 0 Å². The van der Waals surface area contributed by atoms with Gasteiger partial charge < -0.3 is 9.32 Å². The van der Waals surface area contributed by atoms with Gasteiger partial charge in [0.05, 0.1) is 6.04 Å². The summed E-state index contributed by atoms with van der Waals surface area (Å²) in [5, 5.41) is 6.15. The van der Waals surface area contributed by atoms with Crippen molar-refractivity contribution < 1.29 is 4.42 Å². The Kier molecular flexibility index (Phi) is 6.08. The van der Waals surface area contributed by atoms with E-state index < -0.39 is 0 Å². The molecule has 2 aliphatic rings. The average Bonchev–Trinajstić information content (AvgIpc) is 3.65. The summed E-state index contributed by atoms with van der Waals surface area (Å²) >= 11 is 0. The van der Waals surface area contributed by atoms with Gasteiger partial charge in [-0.15, -0.1) is 0 Å². The zero-order valence-electron chi connectivity index (χ0n) is 27.7. The molecule has 0 amide bonds. The van der Waals surface area contributed by atoms with Crippen molar-refractivity contribution in [2.45, 2.75) is 31.7 Å². The first kappa shape index (κ1) is 28.2. The summed E-state index contributed by atoms with van der Waals surface area (Å²) in [5.74, 6) is 1.02. The van der Waals surface area contributed by atoms with Gasteiger partial charge in [-0.05, 0) is 80.0 Å². The maximum atomic E-state index is 6.94. The highest BCUT2D eigenvalue weighted by atomic mass is 16.3. The normalized spacial score (nSPS) is 15.8. The first-order valence-corrected chi connectivity index (χ1v) is 17.3. The second-order valence-corrected chi connectivity index (χ2v) is 14.0. The van der Waals surface area contributed by atoms with Crippen molar-refractivity contribution in [3.05, 3.63) is 174 Å². The lowest BCUT2D eigenvalue weighted by atomic mass is 9.82. The Morgan fingerprint density at radius 3 is 2.14 bits per heavy atom. The molecular formula is C47H35NO. The second-order valence-electron chi connectivity index (χ2n) is 14.0. The predicted octanol–water partition coefficient (Wildman–Crippen LogP) is 13.0. The van der Waals surface area contributed by atoms with E-state index in [0.29, 0.717) is 0 Å². The Hall–Kier alpha value is -5.86. The molecular weight excluding hydrogens is 595 g/mol. The van der Waals surface area contributed by atoms with Crippen LogP contribution in [-0.4, -0.2) is 0 Å². The van der Waals surface area contributed by atoms with E-state index in [1.807, 2.05) is 0 Å². The number of nitrogens with zero attached hydrogens (tertiary/aromatic N) is 1. The third-order valence-corrected chi connectivity index (χ3v) is 11.0. The van der Waals surface area contributed by atoms with Crippen molar-refractivity contribution in [1.82, 2.24) is 0 Å². The third-order valence-electron chi connectivity index (χ3n) is 11.0. The smallest absolute Gasteiger partial charge is 0.135 e. The van der Waals surface area contributed by atoms with E-state index in [2.05, 4.69) is 176 Å². The Bertz CT molecular complexity index is 2630. The van der Waals surface area contributed by atoms with E-state index in [1.165, 1.54) is 71.6 Å². The van der Waals surface area contributed by atoms with Gasteiger partial charge in [0, 0.05) is 33.3 Å². The molecule has 49 heavy (non-hydrogen) atoms. The van der Waals surface area contributed by atoms with Crippen LogP contribution in [0.5, 0.6) is 0 Å². The molecule has 0 N–H and O–H groups in total. The lowest BCUT2D eigenvalue weighted by molar-refractivity contribution is 0.489. The fourth-order valence-corrected chi connectivity index (χ4v) is 8.69. The lowest BCUT2D eigenvalue weighted by Gasteiger charge is -2.36. The van der Waals surface area contributed by atoms with Gasteiger partial charge in [0.15, 0.2) is 0 Å². The van der Waals surface area contributed by atoms with Gasteiger partial charge in [-0.25, -0.2) is 0 Å². The zero-order valence-corrected chi connectivity index (χ0v) is 27.7. The van der Waals surface area contributed by atoms with Crippen LogP contribution in [0.25, 0.3) is 60.8 Å². The van der Waals surface area contributed by atoms with Crippen LogP contribution in [0.15, 0.2) is 156 Å². The van der Waals surface area contributed by atoms with Crippen molar-refractivity contribution in [3.8, 4) is 22.3 Å². The molecule has 1 atom stereocenters. The first-order chi connectivity index (χ1) is 24.1. The minimum atomic E-state index is -0.0588. The minimum Gasteiger partial charge on any atom is -0.458 e. The number of hydrogen-bond donors (Lipinski definition) is 0. The molecule has 0 saturated carbocycles. The molecule has 0 bridgehead atoms. The molecule has 0 saturated heterocycles. The van der Waals surface area contributed by atoms with Crippen molar-refractivity contribution in [1.29, 1.82) is 0 Å². The monoisotopic (exact) mass is 629 g/mol. The van der Waals surface area contributed by atoms with E-state index in [1.54, 1.807) is 0 Å². The standard InChI is InChI=1S/C47H35NO/c1-47(2)40-22-9-7-18-36(40)39-29-32(26-27-41(39)47)48(42-23-10-8-19-37(42)35-20-11-15-30-13-3-5-16-33(30)35)43-24-12-21-38-45-34-17-6-4-14-31(34)25-28-44(45)49-46(38)43/h3-23,25-29,43H,24H2,1-2H3. The molecule has 7 aromatic carbocycles. The van der Waals surface area contributed by atoms with Crippen molar-refractivity contribution >= 4 is 50.0 Å². The summed E-state index contributed by atoms with van der Waals surface area (Å²) in [6.07, 6.45) is 5.44. The molecule has 10 rings (SSSR count). The van der Waals surface area contributed by atoms with Crippen LogP contribution < -0.4 is 4.90 Å². The predicted molar refractivity (Wildman–Crippen MR) is 206 cm³/mol. The number of rotatable bonds is 4. The molecule has 0 spiro atoms. The molecule has 1 unspecified atom stereocenters. The summed E-state index contributed by atoms with van der Waals surface area (Å²) in [6, 6.07) is 53.2. The van der Waals surface area contributed by atoms with Gasteiger partial charge in [-0.2, -0.15) is 0 Å². The maximum absolute atomic E-state index is 6.94. The highest BCUT2D eigenvalue weighted by Crippen LogP contribution is 2.53. The van der Waals surface area contributed by atoms with E-state index in [-0.39, 0.29) is 11.5 Å². The van der Waals surface area contributed by atoms with E-state index in [9.17, 15) is 0 Å². The molecule has 1 heterocycles. The van der Waals surface area contributed by atoms with Gasteiger partial charge in [0.1, 0.15) is 11.3 Å². The SMILES string of the molecule is CC1(C)c2ccccc2-c2cc(N(c3ccccc3-c3cccc4ccccc34)C3CC=Cc4c3oc3ccc5ccccc5c43)ccc21. The van der Waals surface area contributed by atoms with Crippen LogP contribution in [-0.2, 0) is 5.41 Å². The summed E-state index contributed by atoms with van der Waals surface area (Å²) in [5.41, 5.74) is 12.2. The summed E-state index contributed by atoms with van der Waals surface area (Å²) in [7, 11) is 0. The Balaban J connectivity index is 1.24. The highest BCUT2D eigenvalue weighted by Gasteiger charge is 2.37. The molecule has 8 aromatic rings. The summed E-state index contributed by atoms with van der Waals surface area (Å²) in [4.78, 5) is 2.55. The van der Waals surface area contributed by atoms with Gasteiger partial charge >= 0.3 is 0 Å². The zero-order chi connectivity index (χ0) is 32.7. The largest absolute Gasteiger partial charge is 0.458 e. The fraction of sp³-hybridized carbons (Fsp3) is 0.106. The quantitative estimate of drug-likeness (QED) is 0.193. The van der Waals surface area contributed by atoms with Crippen LogP contribution in [0.3, 0.4) is 0 Å². The summed E-state index contributed by atoms with van der Waals surface area (Å²) in [6.45, 7) is 4.70. The first-order valence-electron chi connectivity index (χ1n) is 17.3. The average molecular weight is 630 g/mol. The minimum absolute atomic E-state index is 0.0509. The van der Waals surface area contributed by atoms with Gasteiger partial charge in [-0.3, -0.25) is 0 Å².